The summed E-state index contributed by atoms with van der Waals surface area (Å²) in [4.78, 5) is 21.2. The Morgan fingerprint density at radius 1 is 1.17 bits per heavy atom. The van der Waals surface area contributed by atoms with Gasteiger partial charge in [-0.2, -0.15) is 0 Å². The first-order valence-corrected chi connectivity index (χ1v) is 6.45. The van der Waals surface area contributed by atoms with Gasteiger partial charge >= 0.3 is 5.69 Å². The molecule has 1 aromatic heterocycles. The number of carbonyl (C=O) groups is 1. The minimum absolute atomic E-state index is 0.0474. The highest BCUT2D eigenvalue weighted by Gasteiger charge is 2.17. The van der Waals surface area contributed by atoms with E-state index >= 15 is 0 Å². The third-order valence-electron chi connectivity index (χ3n) is 3.00. The lowest BCUT2D eigenvalue weighted by Gasteiger charge is -2.07. The number of rotatable bonds is 5. The summed E-state index contributed by atoms with van der Waals surface area (Å²) < 4.78 is 10.6. The molecule has 0 unspecified atom stereocenters. The van der Waals surface area contributed by atoms with Gasteiger partial charge in [0.1, 0.15) is 12.0 Å². The molecule has 0 saturated heterocycles. The van der Waals surface area contributed by atoms with Crippen molar-refractivity contribution in [2.75, 3.05) is 0 Å². The van der Waals surface area contributed by atoms with Gasteiger partial charge in [0, 0.05) is 17.2 Å². The first-order valence-electron chi connectivity index (χ1n) is 6.45. The molecule has 0 amide bonds. The Morgan fingerprint density at radius 2 is 1.96 bits per heavy atom. The lowest BCUT2D eigenvalue weighted by molar-refractivity contribution is -0.385. The van der Waals surface area contributed by atoms with Crippen LogP contribution in [0.4, 0.5) is 5.69 Å². The Morgan fingerprint density at radius 3 is 2.57 bits per heavy atom. The average Bonchev–Trinajstić information content (AvgIpc) is 3.10. The number of nitro benzene ring substituents is 1. The van der Waals surface area contributed by atoms with Crippen LogP contribution in [0.25, 0.3) is 11.5 Å². The maximum Gasteiger partial charge on any atom is 0.312 e. The molecule has 23 heavy (non-hydrogen) atoms. The predicted octanol–water partition coefficient (Wildman–Crippen LogP) is 3.25. The van der Waals surface area contributed by atoms with Crippen LogP contribution in [-0.4, -0.2) is 21.4 Å². The van der Waals surface area contributed by atoms with Gasteiger partial charge in [-0.3, -0.25) is 14.9 Å². The van der Waals surface area contributed by atoms with Crippen LogP contribution in [0, 0.1) is 10.1 Å². The van der Waals surface area contributed by atoms with Crippen molar-refractivity contribution in [3.05, 3.63) is 64.5 Å². The molecule has 1 heterocycles. The highest BCUT2D eigenvalue weighted by molar-refractivity contribution is 5.77. The van der Waals surface area contributed by atoms with Crippen molar-refractivity contribution in [1.29, 1.82) is 0 Å². The van der Waals surface area contributed by atoms with E-state index in [-0.39, 0.29) is 17.0 Å². The summed E-state index contributed by atoms with van der Waals surface area (Å²) in [6.07, 6.45) is 1.76. The van der Waals surface area contributed by atoms with E-state index < -0.39 is 4.92 Å². The lowest BCUT2D eigenvalue weighted by Crippen LogP contribution is -1.95. The molecule has 114 valence electrons. The quantitative estimate of drug-likeness (QED) is 0.404. The van der Waals surface area contributed by atoms with Crippen molar-refractivity contribution in [3.63, 3.8) is 0 Å². The molecule has 0 N–H and O–H groups in total. The normalized spacial score (nSPS) is 10.3. The summed E-state index contributed by atoms with van der Waals surface area (Å²) in [5.74, 6) is 0.805. The molecule has 0 spiro atoms. The zero-order chi connectivity index (χ0) is 16.2. The van der Waals surface area contributed by atoms with E-state index in [1.807, 2.05) is 0 Å². The Kier molecular flexibility index (Phi) is 3.79. The van der Waals surface area contributed by atoms with E-state index in [2.05, 4.69) is 10.2 Å². The van der Waals surface area contributed by atoms with Crippen molar-refractivity contribution in [1.82, 2.24) is 10.2 Å². The van der Waals surface area contributed by atoms with Gasteiger partial charge in [-0.15, -0.1) is 10.2 Å². The molecule has 0 aliphatic heterocycles. The monoisotopic (exact) mass is 311 g/mol. The number of hydrogen-bond acceptors (Lipinski definition) is 7. The SMILES string of the molecule is O=Cc1ccc(Oc2ccc(-c3nnco3)cc2)c([N+](=O)[O-])c1. The number of aldehydes is 1. The summed E-state index contributed by atoms with van der Waals surface area (Å²) >= 11 is 0. The fourth-order valence-corrected chi connectivity index (χ4v) is 1.93. The van der Waals surface area contributed by atoms with E-state index in [0.29, 0.717) is 23.5 Å². The first-order chi connectivity index (χ1) is 11.2. The Hall–Kier alpha value is -3.55. The molecule has 0 atom stereocenters. The minimum Gasteiger partial charge on any atom is -0.450 e. The van der Waals surface area contributed by atoms with Gasteiger partial charge in [0.25, 0.3) is 0 Å². The fraction of sp³-hybridized carbons (Fsp3) is 0. The van der Waals surface area contributed by atoms with Crippen molar-refractivity contribution in [3.8, 4) is 23.0 Å². The largest absolute Gasteiger partial charge is 0.450 e. The third-order valence-corrected chi connectivity index (χ3v) is 3.00. The molecular weight excluding hydrogens is 302 g/mol. The molecule has 0 bridgehead atoms. The Bertz CT molecular complexity index is 844. The summed E-state index contributed by atoms with van der Waals surface area (Å²) in [7, 11) is 0. The summed E-state index contributed by atoms with van der Waals surface area (Å²) in [6.45, 7) is 0. The molecule has 0 aliphatic carbocycles. The maximum atomic E-state index is 11.1. The van der Waals surface area contributed by atoms with E-state index in [4.69, 9.17) is 9.15 Å². The molecule has 0 saturated carbocycles. The molecule has 0 fully saturated rings. The standard InChI is InChI=1S/C15H9N3O5/c19-8-10-1-6-14(13(7-10)18(20)21)23-12-4-2-11(3-5-12)15-17-16-9-22-15/h1-9H. The molecule has 3 rings (SSSR count). The molecule has 0 aliphatic rings. The van der Waals surface area contributed by atoms with Gasteiger partial charge in [0.15, 0.2) is 0 Å². The van der Waals surface area contributed by atoms with E-state index in [1.165, 1.54) is 18.5 Å². The van der Waals surface area contributed by atoms with Crippen LogP contribution in [0.5, 0.6) is 11.5 Å². The second-order valence-electron chi connectivity index (χ2n) is 4.47. The summed E-state index contributed by atoms with van der Waals surface area (Å²) in [5, 5.41) is 18.4. The van der Waals surface area contributed by atoms with Gasteiger partial charge in [0.2, 0.25) is 18.0 Å². The van der Waals surface area contributed by atoms with Crippen LogP contribution in [-0.2, 0) is 0 Å². The van der Waals surface area contributed by atoms with Crippen molar-refractivity contribution >= 4 is 12.0 Å². The first kappa shape index (κ1) is 14.4. The second-order valence-corrected chi connectivity index (χ2v) is 4.47. The fourth-order valence-electron chi connectivity index (χ4n) is 1.93. The van der Waals surface area contributed by atoms with Gasteiger partial charge in [-0.1, -0.05) is 0 Å². The van der Waals surface area contributed by atoms with Crippen LogP contribution < -0.4 is 4.74 Å². The number of nitrogens with zero attached hydrogens (tertiary/aromatic N) is 3. The number of nitro groups is 1. The van der Waals surface area contributed by atoms with E-state index in [9.17, 15) is 14.9 Å². The molecule has 8 heteroatoms. The topological polar surface area (TPSA) is 108 Å². The van der Waals surface area contributed by atoms with Crippen LogP contribution in [0.15, 0.2) is 53.3 Å². The van der Waals surface area contributed by atoms with Crippen molar-refractivity contribution in [2.45, 2.75) is 0 Å². The average molecular weight is 311 g/mol. The Labute approximate surface area is 129 Å². The van der Waals surface area contributed by atoms with Gasteiger partial charge in [-0.05, 0) is 36.4 Å². The zero-order valence-corrected chi connectivity index (χ0v) is 11.6. The number of benzene rings is 2. The van der Waals surface area contributed by atoms with Gasteiger partial charge < -0.3 is 9.15 Å². The molecule has 8 nitrogen and oxygen atoms in total. The zero-order valence-electron chi connectivity index (χ0n) is 11.6. The summed E-state index contributed by atoms with van der Waals surface area (Å²) in [6, 6.07) is 10.6. The molecule has 3 aromatic rings. The smallest absolute Gasteiger partial charge is 0.312 e. The highest BCUT2D eigenvalue weighted by atomic mass is 16.6. The molecular formula is C15H9N3O5. The minimum atomic E-state index is -0.602. The van der Waals surface area contributed by atoms with Crippen LogP contribution in [0.3, 0.4) is 0 Å². The third kappa shape index (κ3) is 3.05. The van der Waals surface area contributed by atoms with Gasteiger partial charge in [-0.25, -0.2) is 0 Å². The number of carbonyl (C=O) groups excluding carboxylic acids is 1. The van der Waals surface area contributed by atoms with Crippen LogP contribution in [0.2, 0.25) is 0 Å². The summed E-state index contributed by atoms with van der Waals surface area (Å²) in [5.41, 5.74) is 0.618. The van der Waals surface area contributed by atoms with Crippen molar-refractivity contribution < 1.29 is 18.9 Å². The highest BCUT2D eigenvalue weighted by Crippen LogP contribution is 2.32. The predicted molar refractivity (Wildman–Crippen MR) is 78.3 cm³/mol. The van der Waals surface area contributed by atoms with E-state index in [1.54, 1.807) is 24.3 Å². The van der Waals surface area contributed by atoms with Gasteiger partial charge in [0.05, 0.1) is 4.92 Å². The maximum absolute atomic E-state index is 11.1. The molecule has 0 radical (unpaired) electrons. The number of ether oxygens (including phenoxy) is 1. The van der Waals surface area contributed by atoms with Crippen LogP contribution >= 0.6 is 0 Å². The van der Waals surface area contributed by atoms with E-state index in [0.717, 1.165) is 6.07 Å². The lowest BCUT2D eigenvalue weighted by atomic mass is 10.2. The second kappa shape index (κ2) is 6.06. The number of hydrogen-bond donors (Lipinski definition) is 0. The van der Waals surface area contributed by atoms with Crippen LogP contribution in [0.1, 0.15) is 10.4 Å². The van der Waals surface area contributed by atoms with Crippen molar-refractivity contribution in [2.24, 2.45) is 0 Å². The Balaban J connectivity index is 1.87. The number of aromatic nitrogens is 2. The molecule has 2 aromatic carbocycles.